The van der Waals surface area contributed by atoms with Crippen LogP contribution in [0.1, 0.15) is 17.0 Å². The maximum Gasteiger partial charge on any atom is 0.226 e. The lowest BCUT2D eigenvalue weighted by Crippen LogP contribution is -2.47. The molecule has 1 aromatic heterocycles. The van der Waals surface area contributed by atoms with Crippen LogP contribution < -0.4 is 5.32 Å². The zero-order chi connectivity index (χ0) is 18.5. The number of carbonyl (C=O) groups excluding carboxylic acids is 1. The average Bonchev–Trinajstić information content (AvgIpc) is 3.01. The second-order valence-corrected chi connectivity index (χ2v) is 7.07. The van der Waals surface area contributed by atoms with Gasteiger partial charge in [0.25, 0.3) is 0 Å². The third-order valence-corrected chi connectivity index (χ3v) is 4.95. The normalized spacial score (nSPS) is 18.0. The number of hydrogen-bond donors (Lipinski definition) is 1. The van der Waals surface area contributed by atoms with Crippen molar-refractivity contribution in [2.24, 2.45) is 0 Å². The third kappa shape index (κ3) is 5.17. The Morgan fingerprint density at radius 2 is 2.19 bits per heavy atom. The lowest BCUT2D eigenvalue weighted by Gasteiger charge is -2.33. The number of ether oxygens (including phenoxy) is 1. The largest absolute Gasteiger partial charge is 0.374 e. The van der Waals surface area contributed by atoms with E-state index in [1.165, 1.54) is 0 Å². The Hall–Kier alpha value is -1.67. The number of nitrogens with zero attached hydrogens (tertiary/aromatic N) is 3. The molecule has 0 unspecified atom stereocenters. The molecule has 1 fully saturated rings. The van der Waals surface area contributed by atoms with Gasteiger partial charge < -0.3 is 10.1 Å². The van der Waals surface area contributed by atoms with E-state index >= 15 is 0 Å². The highest BCUT2D eigenvalue weighted by Crippen LogP contribution is 2.23. The number of benzene rings is 1. The van der Waals surface area contributed by atoms with Gasteiger partial charge in [-0.05, 0) is 24.6 Å². The highest BCUT2D eigenvalue weighted by molar-refractivity contribution is 6.42. The molecule has 0 spiro atoms. The van der Waals surface area contributed by atoms with Gasteiger partial charge in [-0.15, -0.1) is 0 Å². The monoisotopic (exact) mass is 398 g/mol. The van der Waals surface area contributed by atoms with Crippen molar-refractivity contribution in [2.45, 2.75) is 26.0 Å². The number of morpholine rings is 1. The minimum absolute atomic E-state index is 0.0630. The molecule has 1 aliphatic heterocycles. The quantitative estimate of drug-likeness (QED) is 0.803. The van der Waals surface area contributed by atoms with E-state index in [1.807, 2.05) is 12.1 Å². The Kier molecular flexibility index (Phi) is 6.48. The van der Waals surface area contributed by atoms with Crippen LogP contribution in [-0.2, 0) is 22.5 Å². The molecule has 0 aliphatic carbocycles. The van der Waals surface area contributed by atoms with Crippen LogP contribution >= 0.6 is 23.2 Å². The average molecular weight is 399 g/mol. The van der Waals surface area contributed by atoms with Crippen LogP contribution in [0.4, 0.5) is 0 Å². The topological polar surface area (TPSA) is 80.5 Å². The third-order valence-electron chi connectivity index (χ3n) is 4.21. The Morgan fingerprint density at radius 1 is 1.35 bits per heavy atom. The Balaban J connectivity index is 1.46. The Morgan fingerprint density at radius 3 is 2.92 bits per heavy atom. The first kappa shape index (κ1) is 19.1. The Bertz CT molecular complexity index is 768. The van der Waals surface area contributed by atoms with E-state index in [1.54, 1.807) is 13.0 Å². The van der Waals surface area contributed by atoms with Crippen LogP contribution in [-0.4, -0.2) is 53.5 Å². The number of aryl methyl sites for hydroxylation is 1. The summed E-state index contributed by atoms with van der Waals surface area (Å²) in [4.78, 5) is 14.3. The maximum absolute atomic E-state index is 12.0. The van der Waals surface area contributed by atoms with E-state index in [0.29, 0.717) is 34.6 Å². The molecule has 26 heavy (non-hydrogen) atoms. The Labute approximate surface area is 161 Å². The van der Waals surface area contributed by atoms with Gasteiger partial charge >= 0.3 is 0 Å². The molecule has 1 saturated heterocycles. The first-order valence-electron chi connectivity index (χ1n) is 8.34. The van der Waals surface area contributed by atoms with E-state index in [9.17, 15) is 4.79 Å². The molecule has 1 atom stereocenters. The molecule has 2 aromatic rings. The minimum Gasteiger partial charge on any atom is -0.374 e. The first-order chi connectivity index (χ1) is 12.5. The molecule has 140 valence electrons. The van der Waals surface area contributed by atoms with Gasteiger partial charge in [0.15, 0.2) is 0 Å². The predicted molar refractivity (Wildman–Crippen MR) is 97.2 cm³/mol. The fourth-order valence-electron chi connectivity index (χ4n) is 2.80. The summed E-state index contributed by atoms with van der Waals surface area (Å²) in [6.45, 7) is 5.13. The zero-order valence-corrected chi connectivity index (χ0v) is 15.9. The summed E-state index contributed by atoms with van der Waals surface area (Å²) in [6.07, 6.45) is 0.0849. The smallest absolute Gasteiger partial charge is 0.226 e. The number of amides is 1. The van der Waals surface area contributed by atoms with Crippen LogP contribution in [0, 0.1) is 6.92 Å². The van der Waals surface area contributed by atoms with Crippen LogP contribution in [0.3, 0.4) is 0 Å². The van der Waals surface area contributed by atoms with E-state index in [4.69, 9.17) is 27.9 Å². The number of hydrogen-bond acceptors (Lipinski definition) is 6. The van der Waals surface area contributed by atoms with Crippen LogP contribution in [0.25, 0.3) is 0 Å². The van der Waals surface area contributed by atoms with Crippen molar-refractivity contribution < 1.29 is 14.2 Å². The SMILES string of the molecule is Cc1nonc1CC(=O)NC[C@H]1CN(Cc2ccc(Cl)c(Cl)c2)CCO1. The fourth-order valence-corrected chi connectivity index (χ4v) is 3.12. The van der Waals surface area contributed by atoms with Crippen LogP contribution in [0.5, 0.6) is 0 Å². The van der Waals surface area contributed by atoms with E-state index < -0.39 is 0 Å². The summed E-state index contributed by atoms with van der Waals surface area (Å²) in [5.74, 6) is -0.131. The van der Waals surface area contributed by atoms with Crippen LogP contribution in [0.2, 0.25) is 10.0 Å². The van der Waals surface area contributed by atoms with Gasteiger partial charge in [-0.1, -0.05) is 39.6 Å². The molecular formula is C17H20Cl2N4O3. The van der Waals surface area contributed by atoms with Crippen molar-refractivity contribution >= 4 is 29.1 Å². The highest BCUT2D eigenvalue weighted by atomic mass is 35.5. The molecule has 1 amide bonds. The molecule has 1 N–H and O–H groups in total. The fraction of sp³-hybridized carbons (Fsp3) is 0.471. The van der Waals surface area contributed by atoms with Crippen molar-refractivity contribution in [1.29, 1.82) is 0 Å². The van der Waals surface area contributed by atoms with Gasteiger partial charge in [0.1, 0.15) is 11.4 Å². The minimum atomic E-state index is -0.131. The second kappa shape index (κ2) is 8.81. The predicted octanol–water partition coefficient (Wildman–Crippen LogP) is 2.24. The number of carbonyl (C=O) groups is 1. The van der Waals surface area contributed by atoms with Gasteiger partial charge in [0.05, 0.1) is 29.2 Å². The molecular weight excluding hydrogens is 379 g/mol. The highest BCUT2D eigenvalue weighted by Gasteiger charge is 2.21. The first-order valence-corrected chi connectivity index (χ1v) is 9.09. The molecule has 1 aromatic carbocycles. The molecule has 0 saturated carbocycles. The molecule has 9 heteroatoms. The zero-order valence-electron chi connectivity index (χ0n) is 14.4. The summed E-state index contributed by atoms with van der Waals surface area (Å²) >= 11 is 12.0. The summed E-state index contributed by atoms with van der Waals surface area (Å²) in [6, 6.07) is 5.65. The standard InChI is InChI=1S/C17H20Cl2N4O3/c1-11-16(22-26-21-11)7-17(24)20-8-13-10-23(4-5-25-13)9-12-2-3-14(18)15(19)6-12/h2-3,6,13H,4-5,7-10H2,1H3,(H,20,24)/t13-/m0/s1. The molecule has 0 radical (unpaired) electrons. The van der Waals surface area contributed by atoms with Crippen LogP contribution in [0.15, 0.2) is 22.8 Å². The number of halogens is 2. The summed E-state index contributed by atoms with van der Waals surface area (Å²) in [7, 11) is 0. The molecule has 3 rings (SSSR count). The van der Waals surface area contributed by atoms with Gasteiger partial charge in [0, 0.05) is 26.2 Å². The summed E-state index contributed by atoms with van der Waals surface area (Å²) in [5, 5.41) is 11.4. The maximum atomic E-state index is 12.0. The lowest BCUT2D eigenvalue weighted by atomic mass is 10.2. The summed E-state index contributed by atoms with van der Waals surface area (Å²) < 4.78 is 10.3. The lowest BCUT2D eigenvalue weighted by molar-refractivity contribution is -0.121. The van der Waals surface area contributed by atoms with Crippen molar-refractivity contribution in [3.8, 4) is 0 Å². The molecule has 7 nitrogen and oxygen atoms in total. The van der Waals surface area contributed by atoms with Gasteiger partial charge in [0.2, 0.25) is 5.91 Å². The number of nitrogens with one attached hydrogen (secondary N) is 1. The van der Waals surface area contributed by atoms with Crippen molar-refractivity contribution in [2.75, 3.05) is 26.2 Å². The van der Waals surface area contributed by atoms with Gasteiger partial charge in [-0.2, -0.15) is 0 Å². The molecule has 2 heterocycles. The summed E-state index contributed by atoms with van der Waals surface area (Å²) in [5.41, 5.74) is 2.27. The van der Waals surface area contributed by atoms with E-state index in [2.05, 4.69) is 25.2 Å². The molecule has 0 bridgehead atoms. The van der Waals surface area contributed by atoms with Gasteiger partial charge in [-0.3, -0.25) is 9.69 Å². The van der Waals surface area contributed by atoms with Crippen molar-refractivity contribution in [3.05, 3.63) is 45.2 Å². The number of rotatable bonds is 6. The van der Waals surface area contributed by atoms with E-state index in [0.717, 1.165) is 25.2 Å². The van der Waals surface area contributed by atoms with E-state index in [-0.39, 0.29) is 18.4 Å². The molecule has 1 aliphatic rings. The van der Waals surface area contributed by atoms with Crippen molar-refractivity contribution in [3.63, 3.8) is 0 Å². The number of aromatic nitrogens is 2. The second-order valence-electron chi connectivity index (χ2n) is 6.25. The van der Waals surface area contributed by atoms with Crippen molar-refractivity contribution in [1.82, 2.24) is 20.5 Å². The van der Waals surface area contributed by atoms with Gasteiger partial charge in [-0.25, -0.2) is 4.63 Å².